The van der Waals surface area contributed by atoms with E-state index >= 15 is 0 Å². The van der Waals surface area contributed by atoms with E-state index in [1.165, 1.54) is 0 Å². The van der Waals surface area contributed by atoms with E-state index in [0.717, 1.165) is 29.3 Å². The molecule has 0 spiro atoms. The summed E-state index contributed by atoms with van der Waals surface area (Å²) < 4.78 is 30.0. The van der Waals surface area contributed by atoms with Crippen molar-refractivity contribution in [1.82, 2.24) is 14.1 Å². The Morgan fingerprint density at radius 2 is 1.88 bits per heavy atom. The number of nitrogens with zero attached hydrogens (tertiary/aromatic N) is 3. The molecule has 1 saturated heterocycles. The van der Waals surface area contributed by atoms with Gasteiger partial charge in [0.05, 0.1) is 10.6 Å². The monoisotopic (exact) mass is 355 g/mol. The maximum atomic E-state index is 13.3. The molecule has 6 heteroatoms. The minimum Gasteiger partial charge on any atom is -0.276 e. The fourth-order valence-corrected chi connectivity index (χ4v) is 5.35. The second-order valence-electron chi connectivity index (χ2n) is 6.59. The number of fused-ring (bicyclic) bond motifs is 1. The summed E-state index contributed by atoms with van der Waals surface area (Å²) in [6.07, 6.45) is 3.73. The van der Waals surface area contributed by atoms with Gasteiger partial charge in [-0.05, 0) is 30.4 Å². The third-order valence-electron chi connectivity index (χ3n) is 4.90. The van der Waals surface area contributed by atoms with Crippen LogP contribution < -0.4 is 0 Å². The highest BCUT2D eigenvalue weighted by molar-refractivity contribution is 7.89. The van der Waals surface area contributed by atoms with Crippen LogP contribution in [0.2, 0.25) is 0 Å². The first-order chi connectivity index (χ1) is 12.1. The second kappa shape index (κ2) is 6.28. The largest absolute Gasteiger partial charge is 0.276 e. The topological polar surface area (TPSA) is 55.2 Å². The molecule has 0 saturated carbocycles. The highest BCUT2D eigenvalue weighted by Gasteiger charge is 2.32. The molecule has 3 aromatic rings. The minimum atomic E-state index is -3.52. The van der Waals surface area contributed by atoms with Gasteiger partial charge in [-0.2, -0.15) is 9.40 Å². The lowest BCUT2D eigenvalue weighted by atomic mass is 9.96. The summed E-state index contributed by atoms with van der Waals surface area (Å²) in [4.78, 5) is 0.396. The van der Waals surface area contributed by atoms with E-state index in [1.807, 2.05) is 55.7 Å². The number of aryl methyl sites for hydroxylation is 1. The van der Waals surface area contributed by atoms with Crippen LogP contribution in [-0.4, -0.2) is 35.6 Å². The number of piperidine rings is 1. The zero-order valence-electron chi connectivity index (χ0n) is 14.2. The Morgan fingerprint density at radius 3 is 2.68 bits per heavy atom. The molecule has 1 atom stereocenters. The van der Waals surface area contributed by atoms with Crippen molar-refractivity contribution >= 4 is 20.8 Å². The summed E-state index contributed by atoms with van der Waals surface area (Å²) in [6, 6.07) is 15.1. The molecule has 4 rings (SSSR count). The van der Waals surface area contributed by atoms with E-state index < -0.39 is 10.0 Å². The molecule has 0 aliphatic carbocycles. The van der Waals surface area contributed by atoms with Crippen LogP contribution in [0.4, 0.5) is 0 Å². The Hall–Kier alpha value is -2.18. The molecule has 130 valence electrons. The lowest BCUT2D eigenvalue weighted by molar-refractivity contribution is 0.312. The third kappa shape index (κ3) is 2.96. The van der Waals surface area contributed by atoms with Gasteiger partial charge in [-0.25, -0.2) is 8.42 Å². The number of rotatable bonds is 3. The second-order valence-corrected chi connectivity index (χ2v) is 8.50. The predicted octanol–water partition coefficient (Wildman–Crippen LogP) is 3.14. The summed E-state index contributed by atoms with van der Waals surface area (Å²) in [5.74, 6) is 0.153. The van der Waals surface area contributed by atoms with E-state index in [4.69, 9.17) is 0 Å². The van der Waals surface area contributed by atoms with E-state index in [9.17, 15) is 8.42 Å². The zero-order valence-corrected chi connectivity index (χ0v) is 15.0. The molecule has 2 aromatic carbocycles. The Labute approximate surface area is 147 Å². The van der Waals surface area contributed by atoms with Gasteiger partial charge in [-0.15, -0.1) is 0 Å². The molecule has 1 fully saturated rings. The van der Waals surface area contributed by atoms with Crippen LogP contribution in [0.15, 0.2) is 59.6 Å². The Morgan fingerprint density at radius 1 is 1.08 bits per heavy atom. The molecule has 0 amide bonds. The van der Waals surface area contributed by atoms with Crippen molar-refractivity contribution < 1.29 is 8.42 Å². The van der Waals surface area contributed by atoms with Crippen molar-refractivity contribution in [1.29, 1.82) is 0 Å². The number of hydrogen-bond donors (Lipinski definition) is 0. The third-order valence-corrected chi connectivity index (χ3v) is 6.83. The van der Waals surface area contributed by atoms with Crippen molar-refractivity contribution in [3.05, 3.63) is 60.4 Å². The van der Waals surface area contributed by atoms with Gasteiger partial charge >= 0.3 is 0 Å². The van der Waals surface area contributed by atoms with Crippen molar-refractivity contribution in [2.24, 2.45) is 7.05 Å². The van der Waals surface area contributed by atoms with Crippen LogP contribution in [0.1, 0.15) is 24.5 Å². The maximum Gasteiger partial charge on any atom is 0.243 e. The van der Waals surface area contributed by atoms with Crippen molar-refractivity contribution in [2.75, 3.05) is 13.1 Å². The van der Waals surface area contributed by atoms with E-state index in [0.29, 0.717) is 18.0 Å². The first kappa shape index (κ1) is 16.3. The van der Waals surface area contributed by atoms with Crippen molar-refractivity contribution in [3.8, 4) is 0 Å². The highest BCUT2D eigenvalue weighted by atomic mass is 32.2. The summed E-state index contributed by atoms with van der Waals surface area (Å²) in [6.45, 7) is 1.05. The SMILES string of the molecule is Cn1ccc([C@@H]2CCCN(S(=O)(=O)c3cccc4ccccc34)C2)n1. The van der Waals surface area contributed by atoms with Gasteiger partial charge in [0, 0.05) is 37.6 Å². The summed E-state index contributed by atoms with van der Waals surface area (Å²) in [7, 11) is -1.64. The number of hydrogen-bond acceptors (Lipinski definition) is 3. The quantitative estimate of drug-likeness (QED) is 0.725. The molecule has 0 bridgehead atoms. The standard InChI is InChI=1S/C19H21N3O2S/c1-21-13-11-18(20-21)16-8-5-12-22(14-16)25(23,24)19-10-4-7-15-6-2-3-9-17(15)19/h2-4,6-7,9-11,13,16H,5,8,12,14H2,1H3/t16-/m1/s1. The fraction of sp³-hybridized carbons (Fsp3) is 0.316. The smallest absolute Gasteiger partial charge is 0.243 e. The first-order valence-electron chi connectivity index (χ1n) is 8.53. The zero-order chi connectivity index (χ0) is 17.4. The fourth-order valence-electron chi connectivity index (χ4n) is 3.61. The van der Waals surface area contributed by atoms with E-state index in [2.05, 4.69) is 5.10 Å². The molecular formula is C19H21N3O2S. The predicted molar refractivity (Wildman–Crippen MR) is 97.9 cm³/mol. The maximum absolute atomic E-state index is 13.3. The van der Waals surface area contributed by atoms with Crippen LogP contribution >= 0.6 is 0 Å². The van der Waals surface area contributed by atoms with Gasteiger partial charge < -0.3 is 0 Å². The van der Waals surface area contributed by atoms with Gasteiger partial charge in [-0.1, -0.05) is 36.4 Å². The van der Waals surface area contributed by atoms with Crippen LogP contribution in [0.25, 0.3) is 10.8 Å². The Bertz CT molecular complexity index is 1000. The molecule has 0 radical (unpaired) electrons. The minimum absolute atomic E-state index is 0.153. The van der Waals surface area contributed by atoms with Gasteiger partial charge in [-0.3, -0.25) is 4.68 Å². The molecule has 25 heavy (non-hydrogen) atoms. The molecule has 2 heterocycles. The Balaban J connectivity index is 1.69. The normalized spacial score (nSPS) is 19.3. The molecule has 1 aliphatic rings. The lowest BCUT2D eigenvalue weighted by Gasteiger charge is -2.31. The molecule has 0 N–H and O–H groups in total. The summed E-state index contributed by atoms with van der Waals surface area (Å²) in [5, 5.41) is 6.20. The van der Waals surface area contributed by atoms with Crippen LogP contribution in [0.3, 0.4) is 0 Å². The van der Waals surface area contributed by atoms with Crippen LogP contribution in [0.5, 0.6) is 0 Å². The molecule has 0 unspecified atom stereocenters. The molecular weight excluding hydrogens is 334 g/mol. The average Bonchev–Trinajstić information content (AvgIpc) is 3.08. The van der Waals surface area contributed by atoms with Crippen molar-refractivity contribution in [2.45, 2.75) is 23.7 Å². The van der Waals surface area contributed by atoms with Gasteiger partial charge in [0.1, 0.15) is 0 Å². The molecule has 5 nitrogen and oxygen atoms in total. The van der Waals surface area contributed by atoms with Gasteiger partial charge in [0.25, 0.3) is 0 Å². The van der Waals surface area contributed by atoms with Gasteiger partial charge in [0.2, 0.25) is 10.0 Å². The van der Waals surface area contributed by atoms with E-state index in [-0.39, 0.29) is 5.92 Å². The van der Waals surface area contributed by atoms with E-state index in [1.54, 1.807) is 15.1 Å². The summed E-state index contributed by atoms with van der Waals surface area (Å²) >= 11 is 0. The highest BCUT2D eigenvalue weighted by Crippen LogP contribution is 2.31. The van der Waals surface area contributed by atoms with Gasteiger partial charge in [0.15, 0.2) is 0 Å². The summed E-state index contributed by atoms with van der Waals surface area (Å²) in [5.41, 5.74) is 0.973. The molecule has 1 aliphatic heterocycles. The lowest BCUT2D eigenvalue weighted by Crippen LogP contribution is -2.39. The Kier molecular flexibility index (Phi) is 4.09. The van der Waals surface area contributed by atoms with Crippen molar-refractivity contribution in [3.63, 3.8) is 0 Å². The molecule has 1 aromatic heterocycles. The number of aromatic nitrogens is 2. The average molecular weight is 355 g/mol. The first-order valence-corrected chi connectivity index (χ1v) is 9.97. The van der Waals surface area contributed by atoms with Crippen LogP contribution in [0, 0.1) is 0 Å². The number of benzene rings is 2. The number of sulfonamides is 1. The van der Waals surface area contributed by atoms with Crippen LogP contribution in [-0.2, 0) is 17.1 Å².